The molecule has 0 radical (unpaired) electrons. The molecule has 1 saturated carbocycles. The van der Waals surface area contributed by atoms with Crippen LogP contribution in [0.2, 0.25) is 0 Å². The fourth-order valence-electron chi connectivity index (χ4n) is 3.31. The number of ether oxygens (including phenoxy) is 1. The van der Waals surface area contributed by atoms with Crippen molar-refractivity contribution in [3.63, 3.8) is 0 Å². The minimum atomic E-state index is -0.419. The number of pyridine rings is 1. The Labute approximate surface area is 140 Å². The molecule has 0 bridgehead atoms. The van der Waals surface area contributed by atoms with Crippen LogP contribution in [0.25, 0.3) is 10.9 Å². The first-order chi connectivity index (χ1) is 11.7. The second-order valence-electron chi connectivity index (χ2n) is 6.55. The van der Waals surface area contributed by atoms with Gasteiger partial charge in [0, 0.05) is 17.1 Å². The lowest BCUT2D eigenvalue weighted by atomic mass is 9.90. The second kappa shape index (κ2) is 6.23. The number of para-hydroxylation sites is 1. The number of carbonyl (C=O) groups is 2. The van der Waals surface area contributed by atoms with Crippen molar-refractivity contribution in [2.24, 2.45) is 0 Å². The van der Waals surface area contributed by atoms with E-state index in [9.17, 15) is 9.59 Å². The van der Waals surface area contributed by atoms with E-state index in [4.69, 9.17) is 9.72 Å². The largest absolute Gasteiger partial charge is 0.452 e. The molecule has 2 aromatic rings. The predicted octanol–water partition coefficient (Wildman–Crippen LogP) is 2.55. The van der Waals surface area contributed by atoms with Crippen molar-refractivity contribution in [2.45, 2.75) is 44.6 Å². The Morgan fingerprint density at radius 2 is 1.96 bits per heavy atom. The molecular weight excluding hydrogens is 304 g/mol. The highest BCUT2D eigenvalue weighted by Gasteiger charge is 2.26. The summed E-state index contributed by atoms with van der Waals surface area (Å²) < 4.78 is 5.31. The van der Waals surface area contributed by atoms with E-state index in [2.05, 4.69) is 5.32 Å². The lowest BCUT2D eigenvalue weighted by molar-refractivity contribution is -0.124. The molecule has 2 aliphatic rings. The summed E-state index contributed by atoms with van der Waals surface area (Å²) in [4.78, 5) is 29.2. The standard InChI is InChI=1S/C19H20N2O3/c22-17(20-12-9-10-12)11-24-19(23)18-13-5-1-3-7-15(13)21-16-8-4-2-6-14(16)18/h1,3,5,7,12H,2,4,6,8-11H2,(H,20,22). The molecule has 5 heteroatoms. The third kappa shape index (κ3) is 2.98. The van der Waals surface area contributed by atoms with Crippen LogP contribution in [0.5, 0.6) is 0 Å². The minimum Gasteiger partial charge on any atom is -0.452 e. The van der Waals surface area contributed by atoms with Crippen LogP contribution in [0.15, 0.2) is 24.3 Å². The number of rotatable bonds is 4. The van der Waals surface area contributed by atoms with Crippen LogP contribution < -0.4 is 5.32 Å². The summed E-state index contributed by atoms with van der Waals surface area (Å²) in [6.07, 6.45) is 5.91. The fraction of sp³-hybridized carbons (Fsp3) is 0.421. The zero-order valence-electron chi connectivity index (χ0n) is 13.5. The van der Waals surface area contributed by atoms with Gasteiger partial charge in [-0.3, -0.25) is 9.78 Å². The van der Waals surface area contributed by atoms with E-state index in [1.54, 1.807) is 0 Å². The van der Waals surface area contributed by atoms with Gasteiger partial charge in [0.1, 0.15) is 0 Å². The summed E-state index contributed by atoms with van der Waals surface area (Å²) in [5.74, 6) is -0.643. The zero-order valence-corrected chi connectivity index (χ0v) is 13.5. The molecule has 1 amide bonds. The summed E-state index contributed by atoms with van der Waals surface area (Å²) in [6.45, 7) is -0.221. The number of benzene rings is 1. The van der Waals surface area contributed by atoms with Crippen molar-refractivity contribution in [2.75, 3.05) is 6.61 Å². The highest BCUT2D eigenvalue weighted by Crippen LogP contribution is 2.29. The van der Waals surface area contributed by atoms with Gasteiger partial charge in [-0.25, -0.2) is 4.79 Å². The first-order valence-corrected chi connectivity index (χ1v) is 8.59. The molecule has 1 aromatic carbocycles. The topological polar surface area (TPSA) is 68.3 Å². The molecule has 4 rings (SSSR count). The Morgan fingerprint density at radius 1 is 1.17 bits per heavy atom. The smallest absolute Gasteiger partial charge is 0.339 e. The maximum absolute atomic E-state index is 12.7. The first-order valence-electron chi connectivity index (χ1n) is 8.59. The molecule has 1 aromatic heterocycles. The molecule has 1 fully saturated rings. The van der Waals surface area contributed by atoms with E-state index >= 15 is 0 Å². The van der Waals surface area contributed by atoms with Crippen molar-refractivity contribution < 1.29 is 14.3 Å². The van der Waals surface area contributed by atoms with Gasteiger partial charge in [0.25, 0.3) is 5.91 Å². The number of aryl methyl sites for hydroxylation is 1. The average molecular weight is 324 g/mol. The predicted molar refractivity (Wildman–Crippen MR) is 89.8 cm³/mol. The number of aromatic nitrogens is 1. The molecule has 124 valence electrons. The summed E-state index contributed by atoms with van der Waals surface area (Å²) in [5, 5.41) is 3.64. The van der Waals surface area contributed by atoms with Gasteiger partial charge in [-0.05, 0) is 50.2 Å². The van der Waals surface area contributed by atoms with E-state index in [0.29, 0.717) is 5.56 Å². The Hall–Kier alpha value is -2.43. The van der Waals surface area contributed by atoms with Crippen LogP contribution in [0.3, 0.4) is 0 Å². The lowest BCUT2D eigenvalue weighted by Gasteiger charge is -2.19. The number of hydrogen-bond donors (Lipinski definition) is 1. The van der Waals surface area contributed by atoms with Crippen LogP contribution in [0.1, 0.15) is 47.3 Å². The maximum atomic E-state index is 12.7. The fourth-order valence-corrected chi connectivity index (χ4v) is 3.31. The Bertz CT molecular complexity index is 812. The Balaban J connectivity index is 1.63. The van der Waals surface area contributed by atoms with Gasteiger partial charge in [0.05, 0.1) is 11.1 Å². The van der Waals surface area contributed by atoms with Gasteiger partial charge in [0.15, 0.2) is 6.61 Å². The van der Waals surface area contributed by atoms with Crippen molar-refractivity contribution >= 4 is 22.8 Å². The van der Waals surface area contributed by atoms with E-state index in [1.807, 2.05) is 24.3 Å². The molecule has 24 heavy (non-hydrogen) atoms. The van der Waals surface area contributed by atoms with Crippen molar-refractivity contribution in [3.05, 3.63) is 41.1 Å². The normalized spacial score (nSPS) is 16.5. The SMILES string of the molecule is O=C(COC(=O)c1c2c(nc3ccccc13)CCCC2)NC1CC1. The van der Waals surface area contributed by atoms with E-state index in [0.717, 1.165) is 60.7 Å². The molecule has 0 atom stereocenters. The van der Waals surface area contributed by atoms with E-state index in [-0.39, 0.29) is 18.6 Å². The lowest BCUT2D eigenvalue weighted by Crippen LogP contribution is -2.30. The summed E-state index contributed by atoms with van der Waals surface area (Å²) in [5.41, 5.74) is 3.39. The molecule has 1 N–H and O–H groups in total. The van der Waals surface area contributed by atoms with Gasteiger partial charge < -0.3 is 10.1 Å². The molecule has 0 spiro atoms. The number of esters is 1. The first kappa shape index (κ1) is 15.1. The molecule has 0 aliphatic heterocycles. The minimum absolute atomic E-state index is 0.221. The number of amides is 1. The van der Waals surface area contributed by atoms with Gasteiger partial charge >= 0.3 is 5.97 Å². The summed E-state index contributed by atoms with van der Waals surface area (Å²) >= 11 is 0. The third-order valence-corrected chi connectivity index (χ3v) is 4.65. The second-order valence-corrected chi connectivity index (χ2v) is 6.55. The summed E-state index contributed by atoms with van der Waals surface area (Å²) in [7, 11) is 0. The van der Waals surface area contributed by atoms with Crippen LogP contribution in [-0.4, -0.2) is 29.5 Å². The number of fused-ring (bicyclic) bond motifs is 2. The number of hydrogen-bond acceptors (Lipinski definition) is 4. The van der Waals surface area contributed by atoms with Crippen LogP contribution >= 0.6 is 0 Å². The summed E-state index contributed by atoms with van der Waals surface area (Å²) in [6, 6.07) is 7.91. The van der Waals surface area contributed by atoms with Crippen LogP contribution in [-0.2, 0) is 22.4 Å². The molecule has 0 unspecified atom stereocenters. The maximum Gasteiger partial charge on any atom is 0.339 e. The van der Waals surface area contributed by atoms with E-state index < -0.39 is 5.97 Å². The van der Waals surface area contributed by atoms with Crippen LogP contribution in [0.4, 0.5) is 0 Å². The molecule has 0 saturated heterocycles. The van der Waals surface area contributed by atoms with Gasteiger partial charge in [-0.1, -0.05) is 18.2 Å². The average Bonchev–Trinajstić information content (AvgIpc) is 3.41. The van der Waals surface area contributed by atoms with Gasteiger partial charge in [-0.2, -0.15) is 0 Å². The molecule has 1 heterocycles. The number of nitrogens with zero attached hydrogens (tertiary/aromatic N) is 1. The molecule has 2 aliphatic carbocycles. The van der Waals surface area contributed by atoms with Crippen molar-refractivity contribution in [3.8, 4) is 0 Å². The van der Waals surface area contributed by atoms with Crippen molar-refractivity contribution in [1.82, 2.24) is 10.3 Å². The highest BCUT2D eigenvalue weighted by molar-refractivity contribution is 6.05. The molecule has 5 nitrogen and oxygen atoms in total. The van der Waals surface area contributed by atoms with Gasteiger partial charge in [0.2, 0.25) is 0 Å². The Kier molecular flexibility index (Phi) is 3.92. The van der Waals surface area contributed by atoms with E-state index in [1.165, 1.54) is 0 Å². The third-order valence-electron chi connectivity index (χ3n) is 4.65. The van der Waals surface area contributed by atoms with Crippen LogP contribution in [0, 0.1) is 0 Å². The Morgan fingerprint density at radius 3 is 2.79 bits per heavy atom. The number of carbonyl (C=O) groups excluding carboxylic acids is 2. The number of nitrogens with one attached hydrogen (secondary N) is 1. The monoisotopic (exact) mass is 324 g/mol. The quantitative estimate of drug-likeness (QED) is 0.878. The molecular formula is C19H20N2O3. The van der Waals surface area contributed by atoms with Gasteiger partial charge in [-0.15, -0.1) is 0 Å². The highest BCUT2D eigenvalue weighted by atomic mass is 16.5. The van der Waals surface area contributed by atoms with Crippen molar-refractivity contribution in [1.29, 1.82) is 0 Å². The zero-order chi connectivity index (χ0) is 16.5.